The van der Waals surface area contributed by atoms with Gasteiger partial charge >= 0.3 is 5.97 Å². The van der Waals surface area contributed by atoms with E-state index in [1.54, 1.807) is 6.92 Å². The molecule has 0 bridgehead atoms. The average Bonchev–Trinajstić information content (AvgIpc) is 2.26. The molecule has 0 aliphatic carbocycles. The van der Waals surface area contributed by atoms with Crippen LogP contribution < -0.4 is 0 Å². The summed E-state index contributed by atoms with van der Waals surface area (Å²) in [6.45, 7) is 5.90. The highest BCUT2D eigenvalue weighted by Gasteiger charge is 2.18. The molecule has 0 saturated heterocycles. The predicted molar refractivity (Wildman–Crippen MR) is 65.3 cm³/mol. The fraction of sp³-hybridized carbons (Fsp3) is 0.769. The Morgan fingerprint density at radius 2 is 2.00 bits per heavy atom. The highest BCUT2D eigenvalue weighted by molar-refractivity contribution is 5.85. The quantitative estimate of drug-likeness (QED) is 0.628. The smallest absolute Gasteiger partial charge is 0.330 e. The fourth-order valence-electron chi connectivity index (χ4n) is 1.85. The van der Waals surface area contributed by atoms with E-state index in [1.165, 1.54) is 0 Å². The number of aliphatic hydroxyl groups excluding tert-OH is 1. The SMILES string of the molecule is CCCCC(/C=C(\C)C(=O)O)C(CC)CO. The van der Waals surface area contributed by atoms with Gasteiger partial charge in [-0.1, -0.05) is 39.2 Å². The second kappa shape index (κ2) is 8.34. The minimum atomic E-state index is -0.866. The Bertz CT molecular complexity index is 229. The van der Waals surface area contributed by atoms with E-state index in [0.29, 0.717) is 5.57 Å². The van der Waals surface area contributed by atoms with Crippen LogP contribution in [0.15, 0.2) is 11.6 Å². The maximum atomic E-state index is 10.8. The van der Waals surface area contributed by atoms with Crippen molar-refractivity contribution in [3.05, 3.63) is 11.6 Å². The molecule has 0 heterocycles. The van der Waals surface area contributed by atoms with Crippen molar-refractivity contribution in [3.63, 3.8) is 0 Å². The third-order valence-electron chi connectivity index (χ3n) is 3.06. The van der Waals surface area contributed by atoms with Gasteiger partial charge in [0.25, 0.3) is 0 Å². The van der Waals surface area contributed by atoms with Crippen molar-refractivity contribution in [2.75, 3.05) is 6.61 Å². The van der Waals surface area contributed by atoms with E-state index in [4.69, 9.17) is 5.11 Å². The molecule has 0 rings (SSSR count). The molecule has 0 aromatic carbocycles. The molecule has 3 heteroatoms. The summed E-state index contributed by atoms with van der Waals surface area (Å²) in [5, 5.41) is 18.1. The van der Waals surface area contributed by atoms with Gasteiger partial charge in [0.1, 0.15) is 0 Å². The third kappa shape index (κ3) is 5.31. The van der Waals surface area contributed by atoms with Gasteiger partial charge in [-0.2, -0.15) is 0 Å². The number of aliphatic hydroxyl groups is 1. The second-order valence-corrected chi connectivity index (χ2v) is 4.31. The standard InChI is InChI=1S/C13H24O3/c1-4-6-7-12(11(5-2)9-14)8-10(3)13(15)16/h8,11-12,14H,4-7,9H2,1-3H3,(H,15,16)/b10-8+. The molecule has 94 valence electrons. The summed E-state index contributed by atoms with van der Waals surface area (Å²) >= 11 is 0. The number of aliphatic carboxylic acids is 1. The van der Waals surface area contributed by atoms with E-state index in [-0.39, 0.29) is 18.4 Å². The lowest BCUT2D eigenvalue weighted by atomic mass is 9.85. The lowest BCUT2D eigenvalue weighted by Crippen LogP contribution is -2.17. The minimum absolute atomic E-state index is 0.133. The van der Waals surface area contributed by atoms with Gasteiger partial charge in [-0.15, -0.1) is 0 Å². The summed E-state index contributed by atoms with van der Waals surface area (Å²) < 4.78 is 0. The number of carboxylic acid groups (broad SMARTS) is 1. The van der Waals surface area contributed by atoms with Crippen molar-refractivity contribution in [1.82, 2.24) is 0 Å². The molecule has 0 aliphatic heterocycles. The van der Waals surface area contributed by atoms with Crippen LogP contribution in [0, 0.1) is 11.8 Å². The lowest BCUT2D eigenvalue weighted by Gasteiger charge is -2.21. The number of unbranched alkanes of at least 4 members (excludes halogenated alkanes) is 1. The van der Waals surface area contributed by atoms with Gasteiger partial charge in [0, 0.05) is 12.2 Å². The minimum Gasteiger partial charge on any atom is -0.478 e. The van der Waals surface area contributed by atoms with Gasteiger partial charge in [-0.3, -0.25) is 0 Å². The summed E-state index contributed by atoms with van der Waals surface area (Å²) in [5.74, 6) is -0.499. The van der Waals surface area contributed by atoms with E-state index >= 15 is 0 Å². The fourth-order valence-corrected chi connectivity index (χ4v) is 1.85. The predicted octanol–water partition coefficient (Wildman–Crippen LogP) is 2.84. The van der Waals surface area contributed by atoms with Crippen LogP contribution in [0.2, 0.25) is 0 Å². The summed E-state index contributed by atoms with van der Waals surface area (Å²) in [4.78, 5) is 10.8. The van der Waals surface area contributed by atoms with Crippen LogP contribution in [-0.4, -0.2) is 22.8 Å². The summed E-state index contributed by atoms with van der Waals surface area (Å²) in [6, 6.07) is 0. The molecule has 0 aliphatic rings. The number of rotatable bonds is 8. The highest BCUT2D eigenvalue weighted by atomic mass is 16.4. The Morgan fingerprint density at radius 1 is 1.38 bits per heavy atom. The van der Waals surface area contributed by atoms with Gasteiger partial charge < -0.3 is 10.2 Å². The van der Waals surface area contributed by atoms with E-state index < -0.39 is 5.97 Å². The normalized spacial score (nSPS) is 15.9. The molecule has 2 unspecified atom stereocenters. The largest absolute Gasteiger partial charge is 0.478 e. The van der Waals surface area contributed by atoms with Crippen LogP contribution in [0.3, 0.4) is 0 Å². The van der Waals surface area contributed by atoms with Gasteiger partial charge in [0.2, 0.25) is 0 Å². The van der Waals surface area contributed by atoms with Crippen LogP contribution in [0.25, 0.3) is 0 Å². The molecule has 0 aromatic rings. The molecule has 0 radical (unpaired) electrons. The molecular weight excluding hydrogens is 204 g/mol. The monoisotopic (exact) mass is 228 g/mol. The van der Waals surface area contributed by atoms with Gasteiger partial charge in [-0.05, 0) is 25.2 Å². The second-order valence-electron chi connectivity index (χ2n) is 4.31. The Balaban J connectivity index is 4.64. The number of allylic oxidation sites excluding steroid dienone is 1. The van der Waals surface area contributed by atoms with Crippen molar-refractivity contribution in [2.45, 2.75) is 46.5 Å². The zero-order valence-corrected chi connectivity index (χ0v) is 10.6. The lowest BCUT2D eigenvalue weighted by molar-refractivity contribution is -0.132. The Labute approximate surface area is 98.2 Å². The summed E-state index contributed by atoms with van der Waals surface area (Å²) in [7, 11) is 0. The maximum absolute atomic E-state index is 10.8. The third-order valence-corrected chi connectivity index (χ3v) is 3.06. The van der Waals surface area contributed by atoms with E-state index in [1.807, 2.05) is 13.0 Å². The van der Waals surface area contributed by atoms with Crippen LogP contribution >= 0.6 is 0 Å². The van der Waals surface area contributed by atoms with E-state index in [2.05, 4.69) is 6.92 Å². The Hall–Kier alpha value is -0.830. The molecule has 16 heavy (non-hydrogen) atoms. The van der Waals surface area contributed by atoms with Crippen molar-refractivity contribution in [3.8, 4) is 0 Å². The molecule has 0 amide bonds. The number of carboxylic acids is 1. The Kier molecular flexibility index (Phi) is 7.90. The molecule has 3 nitrogen and oxygen atoms in total. The van der Waals surface area contributed by atoms with Crippen LogP contribution in [0.5, 0.6) is 0 Å². The van der Waals surface area contributed by atoms with Crippen molar-refractivity contribution >= 4 is 5.97 Å². The molecule has 0 saturated carbocycles. The molecule has 0 fully saturated rings. The van der Waals surface area contributed by atoms with E-state index in [0.717, 1.165) is 25.7 Å². The van der Waals surface area contributed by atoms with E-state index in [9.17, 15) is 9.90 Å². The number of hydrogen-bond acceptors (Lipinski definition) is 2. The van der Waals surface area contributed by atoms with Crippen LogP contribution in [-0.2, 0) is 4.79 Å². The zero-order chi connectivity index (χ0) is 12.6. The first kappa shape index (κ1) is 15.2. The molecule has 2 atom stereocenters. The van der Waals surface area contributed by atoms with Crippen LogP contribution in [0.4, 0.5) is 0 Å². The van der Waals surface area contributed by atoms with Crippen molar-refractivity contribution < 1.29 is 15.0 Å². The van der Waals surface area contributed by atoms with Gasteiger partial charge in [0.15, 0.2) is 0 Å². The number of carbonyl (C=O) groups is 1. The highest BCUT2D eigenvalue weighted by Crippen LogP contribution is 2.24. The van der Waals surface area contributed by atoms with Gasteiger partial charge in [-0.25, -0.2) is 4.79 Å². The maximum Gasteiger partial charge on any atom is 0.330 e. The number of hydrogen-bond donors (Lipinski definition) is 2. The zero-order valence-electron chi connectivity index (χ0n) is 10.6. The van der Waals surface area contributed by atoms with Gasteiger partial charge in [0.05, 0.1) is 0 Å². The van der Waals surface area contributed by atoms with Crippen molar-refractivity contribution in [2.24, 2.45) is 11.8 Å². The first-order valence-corrected chi connectivity index (χ1v) is 6.09. The molecular formula is C13H24O3. The Morgan fingerprint density at radius 3 is 2.38 bits per heavy atom. The molecule has 0 aromatic heterocycles. The first-order chi connectivity index (χ1) is 7.56. The van der Waals surface area contributed by atoms with Crippen LogP contribution in [0.1, 0.15) is 46.5 Å². The average molecular weight is 228 g/mol. The molecule has 2 N–H and O–H groups in total. The summed E-state index contributed by atoms with van der Waals surface area (Å²) in [5.41, 5.74) is 0.382. The van der Waals surface area contributed by atoms with Crippen molar-refractivity contribution in [1.29, 1.82) is 0 Å². The topological polar surface area (TPSA) is 57.5 Å². The first-order valence-electron chi connectivity index (χ1n) is 6.09. The summed E-state index contributed by atoms with van der Waals surface area (Å²) in [6.07, 6.45) is 5.82. The molecule has 0 spiro atoms.